The van der Waals surface area contributed by atoms with Crippen molar-refractivity contribution in [2.24, 2.45) is 0 Å². The van der Waals surface area contributed by atoms with E-state index in [9.17, 15) is 17.6 Å². The Hall–Kier alpha value is -2.81. The molecule has 150 valence electrons. The van der Waals surface area contributed by atoms with Gasteiger partial charge < -0.3 is 14.8 Å². The Morgan fingerprint density at radius 2 is 1.86 bits per heavy atom. The normalized spacial score (nSPS) is 14.2. The Morgan fingerprint density at radius 3 is 2.50 bits per heavy atom. The topological polar surface area (TPSA) is 84.9 Å². The highest BCUT2D eigenvalue weighted by Crippen LogP contribution is 2.33. The molecule has 2 aromatic rings. The molecule has 0 radical (unpaired) electrons. The fourth-order valence-electron chi connectivity index (χ4n) is 3.01. The lowest BCUT2D eigenvalue weighted by Crippen LogP contribution is -2.47. The maximum absolute atomic E-state index is 14.3. The van der Waals surface area contributed by atoms with E-state index in [2.05, 4.69) is 5.32 Å². The number of ether oxygens (including phenoxy) is 2. The highest BCUT2D eigenvalue weighted by molar-refractivity contribution is 7.92. The Balaban J connectivity index is 1.90. The van der Waals surface area contributed by atoms with E-state index in [4.69, 9.17) is 9.47 Å². The number of nitrogens with one attached hydrogen (secondary N) is 1. The monoisotopic (exact) mass is 408 g/mol. The van der Waals surface area contributed by atoms with Crippen LogP contribution in [0.1, 0.15) is 13.3 Å². The number of hydrogen-bond donors (Lipinski definition) is 1. The highest BCUT2D eigenvalue weighted by atomic mass is 32.2. The second-order valence-electron chi connectivity index (χ2n) is 6.28. The molecule has 3 rings (SSSR count). The van der Waals surface area contributed by atoms with Crippen molar-refractivity contribution >= 4 is 27.3 Å². The molecule has 0 unspecified atom stereocenters. The predicted molar refractivity (Wildman–Crippen MR) is 104 cm³/mol. The minimum atomic E-state index is -3.92. The van der Waals surface area contributed by atoms with Crippen molar-refractivity contribution in [2.75, 3.05) is 29.1 Å². The molecule has 1 amide bonds. The second kappa shape index (κ2) is 8.05. The zero-order valence-corrected chi connectivity index (χ0v) is 16.3. The van der Waals surface area contributed by atoms with Crippen LogP contribution in [0.2, 0.25) is 0 Å². The SMILES string of the molecule is CC[C@@H](C(=O)Nc1ccc2c(c1)OCCO2)N(c1ccccc1F)S(C)(=O)=O. The van der Waals surface area contributed by atoms with E-state index in [1.54, 1.807) is 25.1 Å². The molecule has 0 aromatic heterocycles. The van der Waals surface area contributed by atoms with E-state index in [1.165, 1.54) is 18.2 Å². The van der Waals surface area contributed by atoms with E-state index in [0.717, 1.165) is 16.6 Å². The second-order valence-corrected chi connectivity index (χ2v) is 8.14. The molecule has 0 saturated heterocycles. The van der Waals surface area contributed by atoms with Crippen molar-refractivity contribution in [2.45, 2.75) is 19.4 Å². The molecule has 28 heavy (non-hydrogen) atoms. The summed E-state index contributed by atoms with van der Waals surface area (Å²) in [5, 5.41) is 2.68. The fraction of sp³-hybridized carbons (Fsp3) is 0.316. The maximum atomic E-state index is 14.3. The maximum Gasteiger partial charge on any atom is 0.248 e. The lowest BCUT2D eigenvalue weighted by molar-refractivity contribution is -0.117. The first-order valence-electron chi connectivity index (χ1n) is 8.75. The number of rotatable bonds is 6. The molecule has 0 aliphatic carbocycles. The van der Waals surface area contributed by atoms with E-state index in [-0.39, 0.29) is 12.1 Å². The van der Waals surface area contributed by atoms with Gasteiger partial charge in [-0.15, -0.1) is 0 Å². The van der Waals surface area contributed by atoms with Gasteiger partial charge in [-0.25, -0.2) is 12.8 Å². The van der Waals surface area contributed by atoms with Gasteiger partial charge in [0, 0.05) is 11.8 Å². The zero-order valence-electron chi connectivity index (χ0n) is 15.5. The molecule has 9 heteroatoms. The van der Waals surface area contributed by atoms with Gasteiger partial charge in [-0.1, -0.05) is 19.1 Å². The van der Waals surface area contributed by atoms with E-state index in [1.807, 2.05) is 0 Å². The lowest BCUT2D eigenvalue weighted by atomic mass is 10.1. The van der Waals surface area contributed by atoms with E-state index in [0.29, 0.717) is 30.4 Å². The Kier molecular flexibility index (Phi) is 5.73. The van der Waals surface area contributed by atoms with Gasteiger partial charge in [-0.2, -0.15) is 0 Å². The summed E-state index contributed by atoms with van der Waals surface area (Å²) in [5.41, 5.74) is 0.254. The number of para-hydroxylation sites is 1. The number of halogens is 1. The van der Waals surface area contributed by atoms with Crippen LogP contribution in [0.5, 0.6) is 11.5 Å². The first-order valence-corrected chi connectivity index (χ1v) is 10.6. The fourth-order valence-corrected chi connectivity index (χ4v) is 4.22. The Bertz CT molecular complexity index is 980. The van der Waals surface area contributed by atoms with Crippen molar-refractivity contribution in [1.82, 2.24) is 0 Å². The molecular formula is C19H21FN2O5S. The van der Waals surface area contributed by atoms with Crippen molar-refractivity contribution in [1.29, 1.82) is 0 Å². The van der Waals surface area contributed by atoms with Crippen LogP contribution in [-0.4, -0.2) is 39.8 Å². The summed E-state index contributed by atoms with van der Waals surface area (Å²) in [4.78, 5) is 12.9. The number of hydrogen-bond acceptors (Lipinski definition) is 5. The molecular weight excluding hydrogens is 387 g/mol. The summed E-state index contributed by atoms with van der Waals surface area (Å²) in [6.07, 6.45) is 1.09. The smallest absolute Gasteiger partial charge is 0.248 e. The average molecular weight is 408 g/mol. The van der Waals surface area contributed by atoms with Crippen LogP contribution >= 0.6 is 0 Å². The van der Waals surface area contributed by atoms with Gasteiger partial charge in [0.2, 0.25) is 15.9 Å². The molecule has 1 atom stereocenters. The number of carbonyl (C=O) groups excluding carboxylic acids is 1. The van der Waals surface area contributed by atoms with Crippen molar-refractivity contribution in [3.8, 4) is 11.5 Å². The van der Waals surface area contributed by atoms with Crippen LogP contribution in [0.3, 0.4) is 0 Å². The molecule has 1 aliphatic heterocycles. The Morgan fingerprint density at radius 1 is 1.18 bits per heavy atom. The van der Waals surface area contributed by atoms with Crippen molar-refractivity contribution in [3.63, 3.8) is 0 Å². The lowest BCUT2D eigenvalue weighted by Gasteiger charge is -2.30. The molecule has 0 bridgehead atoms. The van der Waals surface area contributed by atoms with Crippen molar-refractivity contribution < 1.29 is 27.1 Å². The molecule has 0 fully saturated rings. The van der Waals surface area contributed by atoms with Gasteiger partial charge in [-0.05, 0) is 30.7 Å². The highest BCUT2D eigenvalue weighted by Gasteiger charge is 2.33. The van der Waals surface area contributed by atoms with Crippen molar-refractivity contribution in [3.05, 3.63) is 48.3 Å². The van der Waals surface area contributed by atoms with Gasteiger partial charge in [0.05, 0.1) is 11.9 Å². The third-order valence-electron chi connectivity index (χ3n) is 4.23. The van der Waals surface area contributed by atoms with Crippen LogP contribution in [-0.2, 0) is 14.8 Å². The summed E-state index contributed by atoms with van der Waals surface area (Å²) < 4.78 is 50.8. The third-order valence-corrected chi connectivity index (χ3v) is 5.40. The number of amides is 1. The minimum absolute atomic E-state index is 0.151. The summed E-state index contributed by atoms with van der Waals surface area (Å²) >= 11 is 0. The van der Waals surface area contributed by atoms with Gasteiger partial charge >= 0.3 is 0 Å². The number of nitrogens with zero attached hydrogens (tertiary/aromatic N) is 1. The molecule has 1 N–H and O–H groups in total. The number of benzene rings is 2. The molecule has 0 saturated carbocycles. The number of carbonyl (C=O) groups is 1. The molecule has 7 nitrogen and oxygen atoms in total. The van der Waals surface area contributed by atoms with Gasteiger partial charge in [-0.3, -0.25) is 9.10 Å². The van der Waals surface area contributed by atoms with Crippen LogP contribution in [0, 0.1) is 5.82 Å². The summed E-state index contributed by atoms with van der Waals surface area (Å²) in [7, 11) is -3.92. The Labute approximate surface area is 163 Å². The van der Waals surface area contributed by atoms with E-state index >= 15 is 0 Å². The molecule has 2 aromatic carbocycles. The summed E-state index contributed by atoms with van der Waals surface area (Å²) in [5.74, 6) is -0.238. The quantitative estimate of drug-likeness (QED) is 0.795. The average Bonchev–Trinajstić information content (AvgIpc) is 2.65. The van der Waals surface area contributed by atoms with Crippen LogP contribution in [0.15, 0.2) is 42.5 Å². The first-order chi connectivity index (χ1) is 13.3. The minimum Gasteiger partial charge on any atom is -0.486 e. The molecule has 0 spiro atoms. The molecule has 1 aliphatic rings. The van der Waals surface area contributed by atoms with Crippen LogP contribution in [0.4, 0.5) is 15.8 Å². The van der Waals surface area contributed by atoms with E-state index < -0.39 is 27.8 Å². The summed E-state index contributed by atoms with van der Waals surface area (Å²) in [6, 6.07) is 9.22. The zero-order chi connectivity index (χ0) is 20.3. The van der Waals surface area contributed by atoms with Gasteiger partial charge in [0.1, 0.15) is 25.1 Å². The van der Waals surface area contributed by atoms with Crippen LogP contribution in [0.25, 0.3) is 0 Å². The van der Waals surface area contributed by atoms with Gasteiger partial charge in [0.15, 0.2) is 11.5 Å². The molecule has 1 heterocycles. The number of fused-ring (bicyclic) bond motifs is 1. The largest absolute Gasteiger partial charge is 0.486 e. The van der Waals surface area contributed by atoms with Crippen LogP contribution < -0.4 is 19.1 Å². The standard InChI is InChI=1S/C19H21FN2O5S/c1-3-15(22(28(2,24)25)16-7-5-4-6-14(16)20)19(23)21-13-8-9-17-18(12-13)27-11-10-26-17/h4-9,12,15H,3,10-11H2,1-2H3,(H,21,23)/t15-/m0/s1. The summed E-state index contributed by atoms with van der Waals surface area (Å²) in [6.45, 7) is 2.51. The first kappa shape index (κ1) is 19.9. The number of anilines is 2. The predicted octanol–water partition coefficient (Wildman–Crippen LogP) is 2.78. The third kappa shape index (κ3) is 4.19. The number of sulfonamides is 1. The van der Waals surface area contributed by atoms with Gasteiger partial charge in [0.25, 0.3) is 0 Å².